The third-order valence-electron chi connectivity index (χ3n) is 4.76. The van der Waals surface area contributed by atoms with Crippen molar-refractivity contribution in [3.8, 4) is 11.5 Å². The second-order valence-electron chi connectivity index (χ2n) is 6.90. The van der Waals surface area contributed by atoms with Crippen LogP contribution in [0.4, 0.5) is 11.4 Å². The van der Waals surface area contributed by atoms with Crippen LogP contribution in [-0.4, -0.2) is 43.4 Å². The monoisotopic (exact) mass is 464 g/mol. The summed E-state index contributed by atoms with van der Waals surface area (Å²) in [6.07, 6.45) is 0. The molecule has 1 amide bonds. The molecule has 3 aromatic carbocycles. The molecule has 1 N–H and O–H groups in total. The molecule has 34 heavy (non-hydrogen) atoms. The zero-order valence-corrected chi connectivity index (χ0v) is 18.3. The highest BCUT2D eigenvalue weighted by atomic mass is 16.6. The minimum atomic E-state index is -0.729. The lowest BCUT2D eigenvalue weighted by molar-refractivity contribution is -0.384. The van der Waals surface area contributed by atoms with Crippen molar-refractivity contribution < 1.29 is 33.5 Å². The van der Waals surface area contributed by atoms with Gasteiger partial charge < -0.3 is 19.5 Å². The highest BCUT2D eigenvalue weighted by Gasteiger charge is 2.15. The maximum absolute atomic E-state index is 12.5. The van der Waals surface area contributed by atoms with Gasteiger partial charge in [-0.15, -0.1) is 0 Å². The Bertz CT molecular complexity index is 1220. The fourth-order valence-corrected chi connectivity index (χ4v) is 2.94. The number of amides is 1. The molecule has 0 aliphatic carbocycles. The average Bonchev–Trinajstić information content (AvgIpc) is 2.87. The summed E-state index contributed by atoms with van der Waals surface area (Å²) in [6, 6.07) is 15.7. The zero-order valence-electron chi connectivity index (χ0n) is 18.3. The predicted molar refractivity (Wildman–Crippen MR) is 122 cm³/mol. The van der Waals surface area contributed by atoms with Crippen LogP contribution in [0.25, 0.3) is 0 Å². The molecular weight excluding hydrogens is 444 g/mol. The van der Waals surface area contributed by atoms with Gasteiger partial charge in [0.25, 0.3) is 11.6 Å². The molecule has 0 aromatic heterocycles. The van der Waals surface area contributed by atoms with E-state index in [9.17, 15) is 24.5 Å². The van der Waals surface area contributed by atoms with E-state index >= 15 is 0 Å². The molecular formula is C24H20N2O8. The van der Waals surface area contributed by atoms with Crippen molar-refractivity contribution >= 4 is 29.0 Å². The van der Waals surface area contributed by atoms with Gasteiger partial charge in [-0.2, -0.15) is 0 Å². The summed E-state index contributed by atoms with van der Waals surface area (Å²) in [4.78, 5) is 47.0. The highest BCUT2D eigenvalue weighted by molar-refractivity contribution is 6.05. The number of nitro benzene ring substituents is 1. The van der Waals surface area contributed by atoms with Gasteiger partial charge in [-0.3, -0.25) is 19.7 Å². The summed E-state index contributed by atoms with van der Waals surface area (Å²) in [5.41, 5.74) is 1.02. The normalized spacial score (nSPS) is 10.2. The summed E-state index contributed by atoms with van der Waals surface area (Å²) >= 11 is 0. The Balaban J connectivity index is 1.57. The van der Waals surface area contributed by atoms with Crippen molar-refractivity contribution in [1.82, 2.24) is 0 Å². The van der Waals surface area contributed by atoms with Crippen LogP contribution in [0.3, 0.4) is 0 Å². The number of benzene rings is 3. The maximum atomic E-state index is 12.5. The molecule has 0 saturated carbocycles. The molecule has 0 aliphatic heterocycles. The van der Waals surface area contributed by atoms with Gasteiger partial charge >= 0.3 is 5.97 Å². The highest BCUT2D eigenvalue weighted by Crippen LogP contribution is 2.28. The van der Waals surface area contributed by atoms with Crippen molar-refractivity contribution in [3.63, 3.8) is 0 Å². The lowest BCUT2D eigenvalue weighted by Crippen LogP contribution is -2.15. The van der Waals surface area contributed by atoms with Crippen LogP contribution >= 0.6 is 0 Å². The van der Waals surface area contributed by atoms with Crippen LogP contribution in [0.1, 0.15) is 31.1 Å². The van der Waals surface area contributed by atoms with E-state index in [2.05, 4.69) is 5.32 Å². The fourth-order valence-electron chi connectivity index (χ4n) is 2.94. The molecule has 0 bridgehead atoms. The molecule has 0 atom stereocenters. The number of nitrogens with zero attached hydrogens (tertiary/aromatic N) is 1. The molecule has 10 nitrogen and oxygen atoms in total. The number of rotatable bonds is 9. The Kier molecular flexibility index (Phi) is 7.55. The Morgan fingerprint density at radius 1 is 0.824 bits per heavy atom. The van der Waals surface area contributed by atoms with Crippen LogP contribution in [0.15, 0.2) is 66.7 Å². The van der Waals surface area contributed by atoms with Gasteiger partial charge in [0.05, 0.1) is 24.7 Å². The average molecular weight is 464 g/mol. The number of hydrogen-bond acceptors (Lipinski definition) is 8. The van der Waals surface area contributed by atoms with Crippen molar-refractivity contribution in [2.45, 2.75) is 0 Å². The van der Waals surface area contributed by atoms with Gasteiger partial charge in [-0.05, 0) is 54.6 Å². The van der Waals surface area contributed by atoms with Crippen LogP contribution in [0, 0.1) is 10.1 Å². The maximum Gasteiger partial charge on any atom is 0.338 e. The van der Waals surface area contributed by atoms with Crippen LogP contribution in [-0.2, 0) is 4.74 Å². The molecule has 0 unspecified atom stereocenters. The minimum Gasteiger partial charge on any atom is -0.493 e. The predicted octanol–water partition coefficient (Wildman–Crippen LogP) is 3.90. The quantitative estimate of drug-likeness (QED) is 0.218. The summed E-state index contributed by atoms with van der Waals surface area (Å²) < 4.78 is 15.4. The zero-order chi connectivity index (χ0) is 24.7. The first-order valence-corrected chi connectivity index (χ1v) is 9.90. The first-order valence-electron chi connectivity index (χ1n) is 9.90. The summed E-state index contributed by atoms with van der Waals surface area (Å²) in [7, 11) is 2.96. The number of esters is 1. The number of carbonyl (C=O) groups is 3. The molecule has 3 rings (SSSR count). The molecule has 0 heterocycles. The number of ether oxygens (including phenoxy) is 3. The minimum absolute atomic E-state index is 0.146. The molecule has 0 fully saturated rings. The van der Waals surface area contributed by atoms with E-state index in [0.717, 1.165) is 0 Å². The first kappa shape index (κ1) is 23.9. The molecule has 3 aromatic rings. The first-order chi connectivity index (χ1) is 16.3. The smallest absolute Gasteiger partial charge is 0.338 e. The van der Waals surface area contributed by atoms with Gasteiger partial charge in [0.1, 0.15) is 0 Å². The Labute approximate surface area is 194 Å². The van der Waals surface area contributed by atoms with Crippen LogP contribution < -0.4 is 14.8 Å². The standard InChI is InChI=1S/C24H20N2O8/c1-32-21-12-7-17(13-22(21)33-2)23(28)25-18-8-3-16(4-9-18)24(29)34-14-20(27)15-5-10-19(11-6-15)26(30)31/h3-13H,14H2,1-2H3,(H,25,28). The van der Waals surface area contributed by atoms with Crippen molar-refractivity contribution in [1.29, 1.82) is 0 Å². The van der Waals surface area contributed by atoms with Gasteiger partial charge in [-0.1, -0.05) is 0 Å². The van der Waals surface area contributed by atoms with Crippen molar-refractivity contribution in [2.75, 3.05) is 26.1 Å². The number of carbonyl (C=O) groups excluding carboxylic acids is 3. The van der Waals surface area contributed by atoms with E-state index in [0.29, 0.717) is 22.7 Å². The number of methoxy groups -OCH3 is 2. The molecule has 10 heteroatoms. The van der Waals surface area contributed by atoms with Gasteiger partial charge in [-0.25, -0.2) is 4.79 Å². The van der Waals surface area contributed by atoms with Crippen LogP contribution in [0.2, 0.25) is 0 Å². The molecule has 0 saturated heterocycles. The number of Topliss-reactive ketones (excluding diaryl/α,β-unsaturated/α-hetero) is 1. The Hall–Kier alpha value is -4.73. The van der Waals surface area contributed by atoms with Gasteiger partial charge in [0.2, 0.25) is 0 Å². The van der Waals surface area contributed by atoms with Crippen LogP contribution in [0.5, 0.6) is 11.5 Å². The second kappa shape index (κ2) is 10.7. The Morgan fingerprint density at radius 3 is 2.00 bits per heavy atom. The Morgan fingerprint density at radius 2 is 1.41 bits per heavy atom. The third kappa shape index (κ3) is 5.74. The second-order valence-corrected chi connectivity index (χ2v) is 6.90. The topological polar surface area (TPSA) is 134 Å². The third-order valence-corrected chi connectivity index (χ3v) is 4.76. The molecule has 0 spiro atoms. The summed E-state index contributed by atoms with van der Waals surface area (Å²) in [6.45, 7) is -0.519. The summed E-state index contributed by atoms with van der Waals surface area (Å²) in [5.74, 6) is -0.703. The lowest BCUT2D eigenvalue weighted by atomic mass is 10.1. The van der Waals surface area contributed by atoms with E-state index in [-0.39, 0.29) is 22.7 Å². The fraction of sp³-hybridized carbons (Fsp3) is 0.125. The number of ketones is 1. The van der Waals surface area contributed by atoms with E-state index in [1.807, 2.05) is 0 Å². The summed E-state index contributed by atoms with van der Waals surface area (Å²) in [5, 5.41) is 13.4. The lowest BCUT2D eigenvalue weighted by Gasteiger charge is -2.10. The molecule has 0 aliphatic rings. The van der Waals surface area contributed by atoms with E-state index in [4.69, 9.17) is 14.2 Å². The SMILES string of the molecule is COc1ccc(C(=O)Nc2ccc(C(=O)OCC(=O)c3ccc([N+](=O)[O-])cc3)cc2)cc1OC. The van der Waals surface area contributed by atoms with Gasteiger partial charge in [0, 0.05) is 28.9 Å². The number of non-ortho nitro benzene ring substituents is 1. The number of nitro groups is 1. The van der Waals surface area contributed by atoms with E-state index in [1.54, 1.807) is 18.2 Å². The number of hydrogen-bond donors (Lipinski definition) is 1. The molecule has 174 valence electrons. The van der Waals surface area contributed by atoms with E-state index < -0.39 is 23.3 Å². The van der Waals surface area contributed by atoms with Gasteiger partial charge in [0.15, 0.2) is 23.9 Å². The number of anilines is 1. The largest absolute Gasteiger partial charge is 0.493 e. The van der Waals surface area contributed by atoms with E-state index in [1.165, 1.54) is 62.8 Å². The van der Waals surface area contributed by atoms with Crippen molar-refractivity contribution in [3.05, 3.63) is 93.5 Å². The van der Waals surface area contributed by atoms with Crippen molar-refractivity contribution in [2.24, 2.45) is 0 Å². The number of nitrogens with one attached hydrogen (secondary N) is 1. The molecule has 0 radical (unpaired) electrons.